The van der Waals surface area contributed by atoms with Gasteiger partial charge in [0.1, 0.15) is 29.6 Å². The lowest BCUT2D eigenvalue weighted by Gasteiger charge is -2.25. The van der Waals surface area contributed by atoms with Gasteiger partial charge in [0, 0.05) is 12.8 Å². The van der Waals surface area contributed by atoms with Crippen molar-refractivity contribution in [1.29, 1.82) is 0 Å². The number of hydrogen-bond donors (Lipinski definition) is 9. The minimum atomic E-state index is -1.69. The number of hydrogen-bond acceptors (Lipinski definition) is 9. The molecule has 0 saturated carbocycles. The molecule has 42 heavy (non-hydrogen) atoms. The average molecular weight is 588 g/mol. The highest BCUT2D eigenvalue weighted by molar-refractivity contribution is 5.95. The second-order valence-electron chi connectivity index (χ2n) is 9.75. The van der Waals surface area contributed by atoms with Crippen LogP contribution in [0.3, 0.4) is 0 Å². The number of aliphatic carboxylic acids is 2. The summed E-state index contributed by atoms with van der Waals surface area (Å²) >= 11 is 0. The van der Waals surface area contributed by atoms with Gasteiger partial charge in [0.25, 0.3) is 0 Å². The number of carboxylic acids is 2. The number of nitrogens with two attached hydrogens (primary N) is 2. The summed E-state index contributed by atoms with van der Waals surface area (Å²) in [6.45, 7) is 0.422. The highest BCUT2D eigenvalue weighted by atomic mass is 16.4. The average Bonchev–Trinajstić information content (AvgIpc) is 2.93. The summed E-state index contributed by atoms with van der Waals surface area (Å²) in [5.41, 5.74) is 12.4. The molecule has 0 aromatic heterocycles. The predicted octanol–water partition coefficient (Wildman–Crippen LogP) is -0.647. The van der Waals surface area contributed by atoms with Crippen LogP contribution in [-0.4, -0.2) is 80.8 Å². The minimum Gasteiger partial charge on any atom is -0.508 e. The van der Waals surface area contributed by atoms with Crippen LogP contribution in [0, 0.1) is 0 Å². The van der Waals surface area contributed by atoms with Crippen molar-refractivity contribution >= 4 is 29.7 Å². The topological polar surface area (TPSA) is 254 Å². The molecule has 0 heterocycles. The Morgan fingerprint density at radius 1 is 0.667 bits per heavy atom. The third-order valence-electron chi connectivity index (χ3n) is 6.32. The first-order chi connectivity index (χ1) is 19.9. The Balaban J connectivity index is 2.22. The lowest BCUT2D eigenvalue weighted by atomic mass is 10.0. The first kappa shape index (κ1) is 33.5. The number of rotatable bonds is 17. The Kier molecular flexibility index (Phi) is 13.2. The van der Waals surface area contributed by atoms with Crippen molar-refractivity contribution in [2.75, 3.05) is 6.54 Å². The van der Waals surface area contributed by atoms with Crippen LogP contribution in [0.5, 0.6) is 11.5 Å². The van der Waals surface area contributed by atoms with Crippen molar-refractivity contribution in [3.63, 3.8) is 0 Å². The van der Waals surface area contributed by atoms with Gasteiger partial charge in [-0.15, -0.1) is 0 Å². The van der Waals surface area contributed by atoms with Crippen molar-refractivity contribution in [3.8, 4) is 11.5 Å². The van der Waals surface area contributed by atoms with Crippen molar-refractivity contribution in [1.82, 2.24) is 16.0 Å². The SMILES string of the molecule is NCCCCC(N)C(=O)NC(Cc1ccc(O)cc1)C(=O)NC(CC(=O)O)C(=O)NC(Cc1ccc(O)cc1)C(=O)O. The van der Waals surface area contributed by atoms with Crippen LogP contribution in [0.1, 0.15) is 36.8 Å². The second kappa shape index (κ2) is 16.5. The Labute approximate surface area is 242 Å². The van der Waals surface area contributed by atoms with Crippen molar-refractivity contribution < 1.29 is 44.4 Å². The maximum absolute atomic E-state index is 13.3. The van der Waals surface area contributed by atoms with E-state index in [0.29, 0.717) is 36.9 Å². The maximum atomic E-state index is 13.3. The Morgan fingerprint density at radius 2 is 1.12 bits per heavy atom. The molecule has 14 heteroatoms. The zero-order chi connectivity index (χ0) is 31.2. The van der Waals surface area contributed by atoms with E-state index in [2.05, 4.69) is 16.0 Å². The van der Waals surface area contributed by atoms with Gasteiger partial charge in [-0.25, -0.2) is 4.79 Å². The maximum Gasteiger partial charge on any atom is 0.326 e. The van der Waals surface area contributed by atoms with E-state index in [1.807, 2.05) is 0 Å². The van der Waals surface area contributed by atoms with Crippen LogP contribution in [0.15, 0.2) is 48.5 Å². The number of carbonyl (C=O) groups excluding carboxylic acids is 3. The van der Waals surface area contributed by atoms with Gasteiger partial charge in [-0.3, -0.25) is 19.2 Å². The molecule has 0 saturated heterocycles. The van der Waals surface area contributed by atoms with Crippen molar-refractivity contribution in [3.05, 3.63) is 59.7 Å². The van der Waals surface area contributed by atoms with Crippen LogP contribution >= 0.6 is 0 Å². The van der Waals surface area contributed by atoms with Crippen molar-refractivity contribution in [2.45, 2.75) is 62.7 Å². The zero-order valence-corrected chi connectivity index (χ0v) is 22.9. The molecule has 2 aromatic carbocycles. The quantitative estimate of drug-likeness (QED) is 0.105. The third kappa shape index (κ3) is 11.4. The molecule has 11 N–H and O–H groups in total. The monoisotopic (exact) mass is 587 g/mol. The molecule has 14 nitrogen and oxygen atoms in total. The van der Waals surface area contributed by atoms with Gasteiger partial charge in [0.2, 0.25) is 17.7 Å². The lowest BCUT2D eigenvalue weighted by molar-refractivity contribution is -0.143. The molecule has 2 aromatic rings. The summed E-state index contributed by atoms with van der Waals surface area (Å²) in [4.78, 5) is 62.5. The van der Waals surface area contributed by atoms with Gasteiger partial charge in [-0.1, -0.05) is 30.7 Å². The highest BCUT2D eigenvalue weighted by Gasteiger charge is 2.32. The third-order valence-corrected chi connectivity index (χ3v) is 6.32. The first-order valence-electron chi connectivity index (χ1n) is 13.3. The van der Waals surface area contributed by atoms with E-state index >= 15 is 0 Å². The molecule has 4 atom stereocenters. The number of unbranched alkanes of at least 4 members (excludes halogenated alkanes) is 1. The molecular weight excluding hydrogens is 550 g/mol. The molecule has 228 valence electrons. The van der Waals surface area contributed by atoms with Crippen LogP contribution < -0.4 is 27.4 Å². The molecule has 0 aliphatic heterocycles. The first-order valence-corrected chi connectivity index (χ1v) is 13.3. The lowest BCUT2D eigenvalue weighted by Crippen LogP contribution is -2.58. The molecule has 0 fully saturated rings. The standard InChI is InChI=1S/C28H37N5O9/c29-12-2-1-3-20(30)25(38)31-21(13-16-4-8-18(34)9-5-16)26(39)32-22(15-24(36)37)27(40)33-23(28(41)42)14-17-6-10-19(35)11-7-17/h4-11,20-23,34-35H,1-3,12-15,29-30H2,(H,31,38)(H,32,39)(H,33,40)(H,36,37)(H,41,42). The van der Waals surface area contributed by atoms with E-state index in [1.165, 1.54) is 48.5 Å². The minimum absolute atomic E-state index is 0.0239. The second-order valence-corrected chi connectivity index (χ2v) is 9.75. The number of benzene rings is 2. The molecule has 0 radical (unpaired) electrons. The summed E-state index contributed by atoms with van der Waals surface area (Å²) in [5.74, 6) is -5.53. The van der Waals surface area contributed by atoms with Gasteiger partial charge in [0.05, 0.1) is 12.5 Å². The summed E-state index contributed by atoms with van der Waals surface area (Å²) < 4.78 is 0. The number of aromatic hydroxyl groups is 2. The highest BCUT2D eigenvalue weighted by Crippen LogP contribution is 2.13. The number of phenolic OH excluding ortho intramolecular Hbond substituents is 2. The molecule has 0 bridgehead atoms. The summed E-state index contributed by atoms with van der Waals surface area (Å²) in [6, 6.07) is 6.00. The van der Waals surface area contributed by atoms with Crippen LogP contribution in [0.2, 0.25) is 0 Å². The summed E-state index contributed by atoms with van der Waals surface area (Å²) in [6.07, 6.45) is 0.383. The van der Waals surface area contributed by atoms with E-state index in [0.717, 1.165) is 0 Å². The van der Waals surface area contributed by atoms with Gasteiger partial charge in [-0.2, -0.15) is 0 Å². The van der Waals surface area contributed by atoms with Crippen LogP contribution in [0.4, 0.5) is 0 Å². The largest absolute Gasteiger partial charge is 0.508 e. The van der Waals surface area contributed by atoms with E-state index in [1.54, 1.807) is 0 Å². The fourth-order valence-electron chi connectivity index (χ4n) is 3.99. The summed E-state index contributed by atoms with van der Waals surface area (Å²) in [5, 5.41) is 45.1. The molecule has 0 aliphatic rings. The van der Waals surface area contributed by atoms with Gasteiger partial charge in [0.15, 0.2) is 0 Å². The van der Waals surface area contributed by atoms with Crippen LogP contribution in [-0.2, 0) is 36.8 Å². The molecule has 0 aliphatic carbocycles. The summed E-state index contributed by atoms with van der Waals surface area (Å²) in [7, 11) is 0. The van der Waals surface area contributed by atoms with Crippen molar-refractivity contribution in [2.24, 2.45) is 11.5 Å². The Bertz CT molecular complexity index is 1220. The number of phenols is 2. The molecule has 4 unspecified atom stereocenters. The van der Waals surface area contributed by atoms with Gasteiger partial charge < -0.3 is 47.8 Å². The van der Waals surface area contributed by atoms with E-state index in [4.69, 9.17) is 11.5 Å². The van der Waals surface area contributed by atoms with Gasteiger partial charge >= 0.3 is 11.9 Å². The number of carbonyl (C=O) groups is 5. The normalized spacial score (nSPS) is 13.7. The molecule has 2 rings (SSSR count). The Morgan fingerprint density at radius 3 is 1.60 bits per heavy atom. The molecular formula is C28H37N5O9. The number of nitrogens with one attached hydrogen (secondary N) is 3. The number of carboxylic acid groups (broad SMARTS) is 2. The van der Waals surface area contributed by atoms with E-state index in [-0.39, 0.29) is 24.3 Å². The molecule has 3 amide bonds. The Hall–Kier alpha value is -4.69. The molecule has 0 spiro atoms. The van der Waals surface area contributed by atoms with E-state index in [9.17, 15) is 44.4 Å². The number of amides is 3. The van der Waals surface area contributed by atoms with Gasteiger partial charge in [-0.05, 0) is 54.8 Å². The fourth-order valence-corrected chi connectivity index (χ4v) is 3.99. The van der Waals surface area contributed by atoms with Crippen LogP contribution in [0.25, 0.3) is 0 Å². The predicted molar refractivity (Wildman–Crippen MR) is 150 cm³/mol. The fraction of sp³-hybridized carbons (Fsp3) is 0.393. The zero-order valence-electron chi connectivity index (χ0n) is 22.9. The smallest absolute Gasteiger partial charge is 0.326 e. The van der Waals surface area contributed by atoms with E-state index < -0.39 is 60.2 Å².